The summed E-state index contributed by atoms with van der Waals surface area (Å²) in [5.74, 6) is -0.371. The highest BCUT2D eigenvalue weighted by Gasteiger charge is 1.97. The van der Waals surface area contributed by atoms with Crippen LogP contribution in [0, 0.1) is 11.3 Å². The number of unbranched alkanes of at least 4 members (excludes halogenated alkanes) is 5. The zero-order chi connectivity index (χ0) is 12.2. The first-order valence-corrected chi connectivity index (χ1v) is 5.64. The lowest BCUT2D eigenvalue weighted by atomic mass is 10.1. The quantitative estimate of drug-likeness (QED) is 0.390. The van der Waals surface area contributed by atoms with E-state index in [1.807, 2.05) is 0 Å². The average molecular weight is 224 g/mol. The number of nitrogens with two attached hydrogens (primary N) is 1. The SMILES string of the molecule is C/C(N)=C/C(=O)OCCCCCCCC#N. The number of carbonyl (C=O) groups excluding carboxylic acids is 1. The Hall–Kier alpha value is -1.50. The van der Waals surface area contributed by atoms with Crippen LogP contribution in [-0.2, 0) is 9.53 Å². The van der Waals surface area contributed by atoms with Gasteiger partial charge in [0.2, 0.25) is 0 Å². The van der Waals surface area contributed by atoms with Crippen molar-refractivity contribution in [2.45, 2.75) is 45.4 Å². The molecule has 0 saturated heterocycles. The molecule has 0 aliphatic heterocycles. The van der Waals surface area contributed by atoms with Crippen molar-refractivity contribution in [3.63, 3.8) is 0 Å². The molecular formula is C12H20N2O2. The fourth-order valence-corrected chi connectivity index (χ4v) is 1.24. The second-order valence-electron chi connectivity index (χ2n) is 3.73. The third kappa shape index (κ3) is 10.6. The van der Waals surface area contributed by atoms with Gasteiger partial charge in [-0.2, -0.15) is 5.26 Å². The van der Waals surface area contributed by atoms with E-state index in [0.717, 1.165) is 32.1 Å². The Labute approximate surface area is 97.1 Å². The third-order valence-corrected chi connectivity index (χ3v) is 2.02. The van der Waals surface area contributed by atoms with E-state index < -0.39 is 0 Å². The van der Waals surface area contributed by atoms with Crippen molar-refractivity contribution >= 4 is 5.97 Å². The lowest BCUT2D eigenvalue weighted by molar-refractivity contribution is -0.137. The number of nitrogens with zero attached hydrogens (tertiary/aromatic N) is 1. The standard InChI is InChI=1S/C12H20N2O2/c1-11(14)10-12(15)16-9-7-5-3-2-4-6-8-13/h10H,2-7,9,14H2,1H3/b11-10-. The topological polar surface area (TPSA) is 76.1 Å². The van der Waals surface area contributed by atoms with Crippen molar-refractivity contribution in [2.75, 3.05) is 6.61 Å². The summed E-state index contributed by atoms with van der Waals surface area (Å²) in [4.78, 5) is 11.0. The van der Waals surface area contributed by atoms with Gasteiger partial charge in [-0.25, -0.2) is 4.79 Å². The third-order valence-electron chi connectivity index (χ3n) is 2.02. The van der Waals surface area contributed by atoms with E-state index in [1.54, 1.807) is 6.92 Å². The summed E-state index contributed by atoms with van der Waals surface area (Å²) in [5.41, 5.74) is 5.79. The molecule has 0 bridgehead atoms. The summed E-state index contributed by atoms with van der Waals surface area (Å²) in [6, 6.07) is 2.12. The molecule has 4 heteroatoms. The van der Waals surface area contributed by atoms with Gasteiger partial charge in [-0.15, -0.1) is 0 Å². The first kappa shape index (κ1) is 14.5. The number of nitriles is 1. The summed E-state index contributed by atoms with van der Waals surface area (Å²) in [5, 5.41) is 8.32. The van der Waals surface area contributed by atoms with E-state index in [0.29, 0.717) is 18.7 Å². The molecule has 4 nitrogen and oxygen atoms in total. The number of allylic oxidation sites excluding steroid dienone is 1. The van der Waals surface area contributed by atoms with Gasteiger partial charge in [0.15, 0.2) is 0 Å². The van der Waals surface area contributed by atoms with Crippen molar-refractivity contribution < 1.29 is 9.53 Å². The zero-order valence-corrected chi connectivity index (χ0v) is 9.87. The van der Waals surface area contributed by atoms with Gasteiger partial charge in [-0.3, -0.25) is 0 Å². The highest BCUT2D eigenvalue weighted by atomic mass is 16.5. The van der Waals surface area contributed by atoms with E-state index in [1.165, 1.54) is 6.08 Å². The fraction of sp³-hybridized carbons (Fsp3) is 0.667. The Balaban J connectivity index is 3.25. The Morgan fingerprint density at radius 1 is 1.31 bits per heavy atom. The Bertz CT molecular complexity index is 263. The summed E-state index contributed by atoms with van der Waals surface area (Å²) in [6.07, 6.45) is 6.95. The normalized spacial score (nSPS) is 10.9. The molecular weight excluding hydrogens is 204 g/mol. The largest absolute Gasteiger partial charge is 0.462 e. The van der Waals surface area contributed by atoms with Gasteiger partial charge in [-0.1, -0.05) is 19.3 Å². The van der Waals surface area contributed by atoms with Gasteiger partial charge in [0.1, 0.15) is 0 Å². The van der Waals surface area contributed by atoms with Gasteiger partial charge >= 0.3 is 5.97 Å². The molecule has 0 rings (SSSR count). The van der Waals surface area contributed by atoms with Crippen molar-refractivity contribution in [3.8, 4) is 6.07 Å². The molecule has 0 atom stereocenters. The predicted octanol–water partition coefficient (Wildman–Crippen LogP) is 2.26. The smallest absolute Gasteiger partial charge is 0.332 e. The van der Waals surface area contributed by atoms with Crippen LogP contribution in [0.5, 0.6) is 0 Å². The second-order valence-corrected chi connectivity index (χ2v) is 3.73. The maximum Gasteiger partial charge on any atom is 0.332 e. The molecule has 0 spiro atoms. The number of carbonyl (C=O) groups is 1. The van der Waals surface area contributed by atoms with Crippen LogP contribution in [0.3, 0.4) is 0 Å². The molecule has 90 valence electrons. The first-order chi connectivity index (χ1) is 7.66. The fourth-order valence-electron chi connectivity index (χ4n) is 1.24. The van der Waals surface area contributed by atoms with Crippen molar-refractivity contribution in [1.82, 2.24) is 0 Å². The number of hydrogen-bond acceptors (Lipinski definition) is 4. The van der Waals surface area contributed by atoms with Crippen LogP contribution in [0.25, 0.3) is 0 Å². The molecule has 0 radical (unpaired) electrons. The van der Waals surface area contributed by atoms with Crippen LogP contribution in [0.1, 0.15) is 45.4 Å². The molecule has 0 aromatic heterocycles. The first-order valence-electron chi connectivity index (χ1n) is 5.64. The molecule has 0 aliphatic carbocycles. The number of rotatable bonds is 8. The van der Waals surface area contributed by atoms with Crippen LogP contribution >= 0.6 is 0 Å². The maximum absolute atomic E-state index is 11.0. The highest BCUT2D eigenvalue weighted by Crippen LogP contribution is 2.05. The molecule has 16 heavy (non-hydrogen) atoms. The van der Waals surface area contributed by atoms with Crippen LogP contribution in [0.4, 0.5) is 0 Å². The molecule has 2 N–H and O–H groups in total. The van der Waals surface area contributed by atoms with E-state index in [2.05, 4.69) is 6.07 Å². The van der Waals surface area contributed by atoms with E-state index in [-0.39, 0.29) is 5.97 Å². The minimum Gasteiger partial charge on any atom is -0.462 e. The summed E-state index contributed by atoms with van der Waals surface area (Å²) >= 11 is 0. The Kier molecular flexibility index (Phi) is 9.09. The molecule has 0 unspecified atom stereocenters. The Morgan fingerprint density at radius 2 is 1.94 bits per heavy atom. The van der Waals surface area contributed by atoms with Gasteiger partial charge < -0.3 is 10.5 Å². The van der Waals surface area contributed by atoms with Crippen molar-refractivity contribution in [2.24, 2.45) is 5.73 Å². The predicted molar refractivity (Wildman–Crippen MR) is 62.2 cm³/mol. The summed E-state index contributed by atoms with van der Waals surface area (Å²) in [6.45, 7) is 2.09. The van der Waals surface area contributed by atoms with Gasteiger partial charge in [0, 0.05) is 18.2 Å². The maximum atomic E-state index is 11.0. The molecule has 0 fully saturated rings. The second kappa shape index (κ2) is 10.0. The van der Waals surface area contributed by atoms with Gasteiger partial charge in [0.05, 0.1) is 12.7 Å². The van der Waals surface area contributed by atoms with Gasteiger partial charge in [0.25, 0.3) is 0 Å². The lowest BCUT2D eigenvalue weighted by Crippen LogP contribution is -2.05. The average Bonchev–Trinajstić information content (AvgIpc) is 2.21. The monoisotopic (exact) mass is 224 g/mol. The van der Waals surface area contributed by atoms with E-state index in [9.17, 15) is 4.79 Å². The minimum absolute atomic E-state index is 0.371. The lowest BCUT2D eigenvalue weighted by Gasteiger charge is -2.02. The molecule has 0 heterocycles. The molecule has 0 aromatic carbocycles. The molecule has 0 aliphatic rings. The minimum atomic E-state index is -0.371. The van der Waals surface area contributed by atoms with Crippen LogP contribution in [0.2, 0.25) is 0 Å². The molecule has 0 saturated carbocycles. The molecule has 0 amide bonds. The van der Waals surface area contributed by atoms with E-state index >= 15 is 0 Å². The van der Waals surface area contributed by atoms with Crippen LogP contribution in [-0.4, -0.2) is 12.6 Å². The van der Waals surface area contributed by atoms with Crippen LogP contribution < -0.4 is 5.73 Å². The molecule has 0 aromatic rings. The summed E-state index contributed by atoms with van der Waals surface area (Å²) in [7, 11) is 0. The number of esters is 1. The van der Waals surface area contributed by atoms with Gasteiger partial charge in [-0.05, 0) is 19.8 Å². The summed E-state index contributed by atoms with van der Waals surface area (Å²) < 4.78 is 4.93. The number of ether oxygens (including phenoxy) is 1. The van der Waals surface area contributed by atoms with Crippen molar-refractivity contribution in [1.29, 1.82) is 5.26 Å². The van der Waals surface area contributed by atoms with Crippen LogP contribution in [0.15, 0.2) is 11.8 Å². The van der Waals surface area contributed by atoms with E-state index in [4.69, 9.17) is 15.7 Å². The Morgan fingerprint density at radius 3 is 2.56 bits per heavy atom. The zero-order valence-electron chi connectivity index (χ0n) is 9.87. The highest BCUT2D eigenvalue weighted by molar-refractivity contribution is 5.82. The van der Waals surface area contributed by atoms with Crippen molar-refractivity contribution in [3.05, 3.63) is 11.8 Å². The number of hydrogen-bond donors (Lipinski definition) is 1.